The number of aliphatic carboxylic acids is 1. The van der Waals surface area contributed by atoms with E-state index in [0.29, 0.717) is 12.5 Å². The Bertz CT molecular complexity index is 178. The summed E-state index contributed by atoms with van der Waals surface area (Å²) in [5.74, 6) is 0.208. The van der Waals surface area contributed by atoms with Crippen molar-refractivity contribution in [3.05, 3.63) is 0 Å². The third kappa shape index (κ3) is 3.88. The van der Waals surface area contributed by atoms with Crippen molar-refractivity contribution >= 4 is 17.7 Å². The molecule has 0 amide bonds. The molecule has 4 heteroatoms. The predicted octanol–water partition coefficient (Wildman–Crippen LogP) is 2.15. The summed E-state index contributed by atoms with van der Waals surface area (Å²) in [5.41, 5.74) is 0. The van der Waals surface area contributed by atoms with Gasteiger partial charge in [0.2, 0.25) is 0 Å². The Kier molecular flexibility index (Phi) is 5.33. The van der Waals surface area contributed by atoms with Crippen molar-refractivity contribution in [3.8, 4) is 0 Å². The third-order valence-electron chi connectivity index (χ3n) is 2.43. The smallest absolute Gasteiger partial charge is 0.316 e. The second-order valence-electron chi connectivity index (χ2n) is 3.53. The lowest BCUT2D eigenvalue weighted by molar-refractivity contribution is -0.136. The topological polar surface area (TPSA) is 46.5 Å². The molecule has 2 unspecified atom stereocenters. The van der Waals surface area contributed by atoms with Gasteiger partial charge >= 0.3 is 5.97 Å². The van der Waals surface area contributed by atoms with Crippen LogP contribution >= 0.6 is 11.8 Å². The lowest BCUT2D eigenvalue weighted by Gasteiger charge is -2.11. The van der Waals surface area contributed by atoms with E-state index >= 15 is 0 Å². The van der Waals surface area contributed by atoms with Crippen molar-refractivity contribution in [2.45, 2.75) is 44.0 Å². The van der Waals surface area contributed by atoms with Crippen LogP contribution in [-0.4, -0.2) is 34.8 Å². The zero-order chi connectivity index (χ0) is 10.4. The number of rotatable bonds is 6. The van der Waals surface area contributed by atoms with Crippen LogP contribution in [-0.2, 0) is 9.53 Å². The molecule has 1 rings (SSSR count). The highest BCUT2D eigenvalue weighted by molar-refractivity contribution is 8.00. The van der Waals surface area contributed by atoms with E-state index in [9.17, 15) is 4.79 Å². The molecule has 0 aromatic carbocycles. The third-order valence-corrected chi connectivity index (χ3v) is 3.84. The second kappa shape index (κ2) is 6.30. The summed E-state index contributed by atoms with van der Waals surface area (Å²) in [4.78, 5) is 10.7. The Hall–Kier alpha value is -0.220. The highest BCUT2D eigenvalue weighted by atomic mass is 32.2. The number of thioether (sulfide) groups is 1. The second-order valence-corrected chi connectivity index (χ2v) is 4.84. The van der Waals surface area contributed by atoms with E-state index in [1.54, 1.807) is 0 Å². The van der Waals surface area contributed by atoms with Gasteiger partial charge in [-0.2, -0.15) is 0 Å². The Morgan fingerprint density at radius 1 is 1.71 bits per heavy atom. The quantitative estimate of drug-likeness (QED) is 0.742. The highest BCUT2D eigenvalue weighted by Crippen LogP contribution is 2.21. The number of carboxylic acid groups (broad SMARTS) is 1. The van der Waals surface area contributed by atoms with Crippen LogP contribution in [0.2, 0.25) is 0 Å². The molecule has 0 spiro atoms. The van der Waals surface area contributed by atoms with Crippen LogP contribution < -0.4 is 0 Å². The normalized spacial score (nSPS) is 23.6. The molecule has 0 radical (unpaired) electrons. The summed E-state index contributed by atoms with van der Waals surface area (Å²) < 4.78 is 5.47. The first-order valence-electron chi connectivity index (χ1n) is 5.20. The van der Waals surface area contributed by atoms with Gasteiger partial charge < -0.3 is 9.84 Å². The Balaban J connectivity index is 2.09. The maximum absolute atomic E-state index is 10.7. The summed E-state index contributed by atoms with van der Waals surface area (Å²) >= 11 is 1.54. The summed E-state index contributed by atoms with van der Waals surface area (Å²) in [6, 6.07) is 0. The van der Waals surface area contributed by atoms with E-state index in [1.807, 2.05) is 6.92 Å². The minimum atomic E-state index is -0.690. The van der Waals surface area contributed by atoms with Gasteiger partial charge in [0.15, 0.2) is 0 Å². The van der Waals surface area contributed by atoms with E-state index in [-0.39, 0.29) is 5.25 Å². The minimum Gasteiger partial charge on any atom is -0.480 e. The van der Waals surface area contributed by atoms with E-state index in [0.717, 1.165) is 31.6 Å². The molecule has 0 aliphatic carbocycles. The van der Waals surface area contributed by atoms with Crippen LogP contribution in [0.4, 0.5) is 0 Å². The van der Waals surface area contributed by atoms with Crippen LogP contribution in [0.1, 0.15) is 32.6 Å². The van der Waals surface area contributed by atoms with Crippen LogP contribution in [0.25, 0.3) is 0 Å². The van der Waals surface area contributed by atoms with Crippen molar-refractivity contribution in [1.29, 1.82) is 0 Å². The monoisotopic (exact) mass is 218 g/mol. The van der Waals surface area contributed by atoms with Crippen molar-refractivity contribution in [3.63, 3.8) is 0 Å². The minimum absolute atomic E-state index is 0.239. The van der Waals surface area contributed by atoms with E-state index in [2.05, 4.69) is 0 Å². The van der Waals surface area contributed by atoms with E-state index in [1.165, 1.54) is 11.8 Å². The lowest BCUT2D eigenvalue weighted by atomic mass is 10.2. The average Bonchev–Trinajstić information content (AvgIpc) is 2.64. The molecule has 1 N–H and O–H groups in total. The van der Waals surface area contributed by atoms with Crippen molar-refractivity contribution in [2.75, 3.05) is 12.4 Å². The van der Waals surface area contributed by atoms with Gasteiger partial charge in [0, 0.05) is 6.61 Å². The van der Waals surface area contributed by atoms with Crippen LogP contribution in [0.5, 0.6) is 0 Å². The summed E-state index contributed by atoms with van der Waals surface area (Å²) in [6.07, 6.45) is 4.38. The van der Waals surface area contributed by atoms with Gasteiger partial charge in [-0.05, 0) is 31.4 Å². The molecule has 1 aliphatic heterocycles. The zero-order valence-electron chi connectivity index (χ0n) is 8.57. The van der Waals surface area contributed by atoms with Crippen LogP contribution in [0, 0.1) is 0 Å². The van der Waals surface area contributed by atoms with Crippen molar-refractivity contribution < 1.29 is 14.6 Å². The first-order chi connectivity index (χ1) is 6.74. The SMILES string of the molecule is CCC(SCCC1CCCO1)C(=O)O. The van der Waals surface area contributed by atoms with Gasteiger partial charge in [0.25, 0.3) is 0 Å². The van der Waals surface area contributed by atoms with Gasteiger partial charge in [0.05, 0.1) is 6.10 Å². The molecule has 0 saturated carbocycles. The average molecular weight is 218 g/mol. The fourth-order valence-electron chi connectivity index (χ4n) is 1.58. The van der Waals surface area contributed by atoms with Gasteiger partial charge in [-0.3, -0.25) is 4.79 Å². The van der Waals surface area contributed by atoms with Crippen LogP contribution in [0.15, 0.2) is 0 Å². The van der Waals surface area contributed by atoms with Crippen molar-refractivity contribution in [1.82, 2.24) is 0 Å². The molecule has 0 bridgehead atoms. The molecule has 1 saturated heterocycles. The predicted molar refractivity (Wildman–Crippen MR) is 57.8 cm³/mol. The van der Waals surface area contributed by atoms with Crippen LogP contribution in [0.3, 0.4) is 0 Å². The highest BCUT2D eigenvalue weighted by Gasteiger charge is 2.18. The van der Waals surface area contributed by atoms with Crippen molar-refractivity contribution in [2.24, 2.45) is 0 Å². The fourth-order valence-corrected chi connectivity index (χ4v) is 2.64. The molecule has 2 atom stereocenters. The number of hydrogen-bond donors (Lipinski definition) is 1. The van der Waals surface area contributed by atoms with Gasteiger partial charge in [0.1, 0.15) is 5.25 Å². The molecule has 0 aromatic heterocycles. The zero-order valence-corrected chi connectivity index (χ0v) is 9.39. The summed E-state index contributed by atoms with van der Waals surface area (Å²) in [7, 11) is 0. The summed E-state index contributed by atoms with van der Waals surface area (Å²) in [5, 5.41) is 8.57. The van der Waals surface area contributed by atoms with Gasteiger partial charge in [-0.15, -0.1) is 11.8 Å². The molecule has 82 valence electrons. The van der Waals surface area contributed by atoms with Gasteiger partial charge in [-0.1, -0.05) is 6.92 Å². The number of carboxylic acids is 1. The molecule has 1 fully saturated rings. The maximum atomic E-state index is 10.7. The van der Waals surface area contributed by atoms with E-state index in [4.69, 9.17) is 9.84 Å². The largest absolute Gasteiger partial charge is 0.480 e. The summed E-state index contributed by atoms with van der Waals surface area (Å²) in [6.45, 7) is 2.79. The molecular weight excluding hydrogens is 200 g/mol. The number of hydrogen-bond acceptors (Lipinski definition) is 3. The molecule has 14 heavy (non-hydrogen) atoms. The van der Waals surface area contributed by atoms with Gasteiger partial charge in [-0.25, -0.2) is 0 Å². The lowest BCUT2D eigenvalue weighted by Crippen LogP contribution is -2.16. The Morgan fingerprint density at radius 2 is 2.50 bits per heavy atom. The Labute approximate surface area is 89.2 Å². The molecule has 1 aliphatic rings. The Morgan fingerprint density at radius 3 is 3.00 bits per heavy atom. The molecule has 1 heterocycles. The molecular formula is C10H18O3S. The first kappa shape index (κ1) is 11.9. The molecule has 0 aromatic rings. The number of carbonyl (C=O) groups is 1. The standard InChI is InChI=1S/C10H18O3S/c1-2-9(10(11)12)14-7-5-8-4-3-6-13-8/h8-9H,2-7H2,1H3,(H,11,12). The fraction of sp³-hybridized carbons (Fsp3) is 0.900. The number of ether oxygens (including phenoxy) is 1. The maximum Gasteiger partial charge on any atom is 0.316 e. The first-order valence-corrected chi connectivity index (χ1v) is 6.25. The molecule has 3 nitrogen and oxygen atoms in total. The van der Waals surface area contributed by atoms with E-state index < -0.39 is 5.97 Å².